The van der Waals surface area contributed by atoms with Crippen LogP contribution in [-0.4, -0.2) is 17.7 Å². The first kappa shape index (κ1) is 12.8. The van der Waals surface area contributed by atoms with E-state index in [1.165, 1.54) is 0 Å². The van der Waals surface area contributed by atoms with E-state index in [1.54, 1.807) is 0 Å². The van der Waals surface area contributed by atoms with Crippen molar-refractivity contribution in [2.45, 2.75) is 58.1 Å². The largest absolute Gasteiger partial charge is 0.444 e. The third-order valence-corrected chi connectivity index (χ3v) is 2.58. The molecule has 0 saturated heterocycles. The third kappa shape index (κ3) is 4.52. The number of rotatable bonds is 1. The van der Waals surface area contributed by atoms with Gasteiger partial charge in [-0.15, -0.1) is 0 Å². The van der Waals surface area contributed by atoms with Crippen molar-refractivity contribution in [2.24, 2.45) is 5.92 Å². The highest BCUT2D eigenvalue weighted by molar-refractivity contribution is 5.68. The number of nitrogens with zero attached hydrogens (tertiary/aromatic N) is 1. The van der Waals surface area contributed by atoms with Crippen LogP contribution in [0, 0.1) is 17.2 Å². The first-order valence-corrected chi connectivity index (χ1v) is 5.80. The molecule has 1 aliphatic rings. The molecule has 1 aliphatic carbocycles. The lowest BCUT2D eigenvalue weighted by Gasteiger charge is -2.27. The monoisotopic (exact) mass is 224 g/mol. The second kappa shape index (κ2) is 5.20. The number of hydrogen-bond donors (Lipinski definition) is 1. The van der Waals surface area contributed by atoms with Gasteiger partial charge in [-0.25, -0.2) is 4.79 Å². The van der Waals surface area contributed by atoms with E-state index in [9.17, 15) is 4.79 Å². The first-order chi connectivity index (χ1) is 7.40. The van der Waals surface area contributed by atoms with Crippen molar-refractivity contribution in [1.29, 1.82) is 5.26 Å². The molecule has 1 saturated carbocycles. The summed E-state index contributed by atoms with van der Waals surface area (Å²) in [5.41, 5.74) is -0.465. The van der Waals surface area contributed by atoms with Crippen LogP contribution < -0.4 is 5.32 Å². The van der Waals surface area contributed by atoms with E-state index in [2.05, 4.69) is 11.4 Å². The number of ether oxygens (including phenoxy) is 1. The fourth-order valence-corrected chi connectivity index (χ4v) is 1.91. The number of nitrogens with one attached hydrogen (secondary N) is 1. The number of carbonyl (C=O) groups is 1. The van der Waals surface area contributed by atoms with Gasteiger partial charge in [0.2, 0.25) is 0 Å². The Morgan fingerprint density at radius 1 is 1.44 bits per heavy atom. The highest BCUT2D eigenvalue weighted by atomic mass is 16.6. The maximum Gasteiger partial charge on any atom is 0.407 e. The first-order valence-electron chi connectivity index (χ1n) is 5.80. The van der Waals surface area contributed by atoms with Gasteiger partial charge in [0.05, 0.1) is 6.07 Å². The standard InChI is InChI=1S/C12H20N2O2/c1-12(2,3)16-11(15)14-10-6-4-5-9(7-10)8-13/h9-10H,4-7H2,1-3H3,(H,14,15)/t9-,10-/m1/s1. The van der Waals surface area contributed by atoms with E-state index >= 15 is 0 Å². The Labute approximate surface area is 97.0 Å². The Morgan fingerprint density at radius 3 is 2.69 bits per heavy atom. The molecule has 0 unspecified atom stereocenters. The molecule has 0 spiro atoms. The molecule has 4 heteroatoms. The molecule has 1 N–H and O–H groups in total. The van der Waals surface area contributed by atoms with Crippen LogP contribution in [0.3, 0.4) is 0 Å². The molecule has 2 atom stereocenters. The van der Waals surface area contributed by atoms with Crippen LogP contribution in [0.2, 0.25) is 0 Å². The van der Waals surface area contributed by atoms with E-state index in [0.717, 1.165) is 25.7 Å². The Balaban J connectivity index is 2.37. The average Bonchev–Trinajstić information content (AvgIpc) is 2.15. The summed E-state index contributed by atoms with van der Waals surface area (Å²) in [6, 6.07) is 2.35. The number of amides is 1. The van der Waals surface area contributed by atoms with E-state index in [1.807, 2.05) is 20.8 Å². The molecular weight excluding hydrogens is 204 g/mol. The van der Waals surface area contributed by atoms with Crippen LogP contribution in [0.4, 0.5) is 4.79 Å². The van der Waals surface area contributed by atoms with Crippen molar-refractivity contribution in [3.05, 3.63) is 0 Å². The van der Waals surface area contributed by atoms with Crippen LogP contribution in [0.5, 0.6) is 0 Å². The minimum Gasteiger partial charge on any atom is -0.444 e. The zero-order chi connectivity index (χ0) is 12.2. The Morgan fingerprint density at radius 2 is 2.12 bits per heavy atom. The quantitative estimate of drug-likeness (QED) is 0.744. The zero-order valence-electron chi connectivity index (χ0n) is 10.2. The minimum absolute atomic E-state index is 0.0775. The van der Waals surface area contributed by atoms with Crippen LogP contribution in [0.1, 0.15) is 46.5 Å². The molecule has 4 nitrogen and oxygen atoms in total. The minimum atomic E-state index is -0.465. The fourth-order valence-electron chi connectivity index (χ4n) is 1.91. The van der Waals surface area contributed by atoms with E-state index in [-0.39, 0.29) is 18.1 Å². The lowest BCUT2D eigenvalue weighted by atomic mass is 9.87. The summed E-state index contributed by atoms with van der Waals surface area (Å²) in [6.07, 6.45) is 3.26. The summed E-state index contributed by atoms with van der Waals surface area (Å²) in [4.78, 5) is 11.5. The fraction of sp³-hybridized carbons (Fsp3) is 0.833. The maximum absolute atomic E-state index is 11.5. The van der Waals surface area contributed by atoms with Gasteiger partial charge in [0, 0.05) is 12.0 Å². The van der Waals surface area contributed by atoms with Gasteiger partial charge in [-0.2, -0.15) is 5.26 Å². The zero-order valence-corrected chi connectivity index (χ0v) is 10.2. The molecule has 1 amide bonds. The summed E-state index contributed by atoms with van der Waals surface area (Å²) in [5.74, 6) is 0.0775. The molecule has 0 aliphatic heterocycles. The van der Waals surface area contributed by atoms with Gasteiger partial charge in [0.15, 0.2) is 0 Å². The van der Waals surface area contributed by atoms with Gasteiger partial charge in [-0.1, -0.05) is 6.42 Å². The lowest BCUT2D eigenvalue weighted by molar-refractivity contribution is 0.0489. The van der Waals surface area contributed by atoms with Crippen LogP contribution in [-0.2, 0) is 4.74 Å². The van der Waals surface area contributed by atoms with Crippen LogP contribution in [0.15, 0.2) is 0 Å². The molecule has 1 fully saturated rings. The van der Waals surface area contributed by atoms with Crippen LogP contribution in [0.25, 0.3) is 0 Å². The molecule has 0 aromatic carbocycles. The van der Waals surface area contributed by atoms with Crippen molar-refractivity contribution in [3.63, 3.8) is 0 Å². The van der Waals surface area contributed by atoms with Crippen molar-refractivity contribution >= 4 is 6.09 Å². The highest BCUT2D eigenvalue weighted by Crippen LogP contribution is 2.23. The van der Waals surface area contributed by atoms with Gasteiger partial charge >= 0.3 is 6.09 Å². The lowest BCUT2D eigenvalue weighted by Crippen LogP contribution is -2.41. The second-order valence-corrected chi connectivity index (χ2v) is 5.34. The van der Waals surface area contributed by atoms with Gasteiger partial charge in [-0.3, -0.25) is 0 Å². The van der Waals surface area contributed by atoms with Gasteiger partial charge in [0.25, 0.3) is 0 Å². The van der Waals surface area contributed by atoms with Crippen molar-refractivity contribution < 1.29 is 9.53 Å². The van der Waals surface area contributed by atoms with E-state index in [0.29, 0.717) is 0 Å². The van der Waals surface area contributed by atoms with Gasteiger partial charge in [0.1, 0.15) is 5.60 Å². The predicted octanol–water partition coefficient (Wildman–Crippen LogP) is 2.59. The Kier molecular flexibility index (Phi) is 4.17. The number of carbonyl (C=O) groups excluding carboxylic acids is 1. The Bertz CT molecular complexity index is 288. The summed E-state index contributed by atoms with van der Waals surface area (Å²) in [7, 11) is 0. The van der Waals surface area contributed by atoms with Crippen molar-refractivity contribution in [3.8, 4) is 6.07 Å². The number of nitriles is 1. The molecule has 16 heavy (non-hydrogen) atoms. The molecule has 0 aromatic heterocycles. The maximum atomic E-state index is 11.5. The predicted molar refractivity (Wildman–Crippen MR) is 60.7 cm³/mol. The van der Waals surface area contributed by atoms with E-state index in [4.69, 9.17) is 10.00 Å². The smallest absolute Gasteiger partial charge is 0.407 e. The summed E-state index contributed by atoms with van der Waals surface area (Å²) >= 11 is 0. The number of alkyl carbamates (subject to hydrolysis) is 1. The average molecular weight is 224 g/mol. The molecule has 0 heterocycles. The summed E-state index contributed by atoms with van der Waals surface area (Å²) < 4.78 is 5.18. The molecule has 0 bridgehead atoms. The van der Waals surface area contributed by atoms with Crippen LogP contribution >= 0.6 is 0 Å². The normalized spacial score (nSPS) is 25.6. The molecule has 0 aromatic rings. The van der Waals surface area contributed by atoms with Crippen molar-refractivity contribution in [1.82, 2.24) is 5.32 Å². The third-order valence-electron chi connectivity index (χ3n) is 2.58. The summed E-state index contributed by atoms with van der Waals surface area (Å²) in [5, 5.41) is 11.7. The van der Waals surface area contributed by atoms with Crippen molar-refractivity contribution in [2.75, 3.05) is 0 Å². The molecule has 0 radical (unpaired) electrons. The second-order valence-electron chi connectivity index (χ2n) is 5.34. The Hall–Kier alpha value is -1.24. The number of hydrogen-bond acceptors (Lipinski definition) is 3. The summed E-state index contributed by atoms with van der Waals surface area (Å²) in [6.45, 7) is 5.52. The topological polar surface area (TPSA) is 62.1 Å². The van der Waals surface area contributed by atoms with E-state index < -0.39 is 5.60 Å². The SMILES string of the molecule is CC(C)(C)OC(=O)N[C@@H]1CCC[C@@H](C#N)C1. The molecular formula is C12H20N2O2. The highest BCUT2D eigenvalue weighted by Gasteiger charge is 2.25. The molecule has 1 rings (SSSR count). The molecule has 90 valence electrons. The van der Waals surface area contributed by atoms with Gasteiger partial charge < -0.3 is 10.1 Å². The van der Waals surface area contributed by atoms with Gasteiger partial charge in [-0.05, 0) is 40.0 Å².